The Labute approximate surface area is 91.6 Å². The highest BCUT2D eigenvalue weighted by atomic mass is 16.6. The Bertz CT molecular complexity index is 584. The lowest BCUT2D eigenvalue weighted by molar-refractivity contribution is -0.375. The van der Waals surface area contributed by atoms with Crippen molar-refractivity contribution in [2.75, 3.05) is 0 Å². The molecule has 1 heterocycles. The van der Waals surface area contributed by atoms with Crippen LogP contribution in [0.5, 0.6) is 0 Å². The Morgan fingerprint density at radius 2 is 2.31 bits per heavy atom. The minimum absolute atomic E-state index is 0.0718. The summed E-state index contributed by atoms with van der Waals surface area (Å²) in [4.78, 5) is 14.5. The van der Waals surface area contributed by atoms with Gasteiger partial charge < -0.3 is 4.42 Å². The van der Waals surface area contributed by atoms with E-state index in [-0.39, 0.29) is 5.70 Å². The van der Waals surface area contributed by atoms with Gasteiger partial charge in [0.1, 0.15) is 5.52 Å². The highest BCUT2D eigenvalue weighted by Gasteiger charge is 2.14. The van der Waals surface area contributed by atoms with Crippen molar-refractivity contribution in [1.29, 1.82) is 0 Å². The van der Waals surface area contributed by atoms with Gasteiger partial charge in [-0.2, -0.15) is 0 Å². The van der Waals surface area contributed by atoms with Gasteiger partial charge in [0.05, 0.1) is 10.5 Å². The van der Waals surface area contributed by atoms with Gasteiger partial charge in [0, 0.05) is 6.92 Å². The molecule has 0 aliphatic rings. The molecular weight excluding hydrogens is 208 g/mol. The molecule has 16 heavy (non-hydrogen) atoms. The lowest BCUT2D eigenvalue weighted by Crippen LogP contribution is -1.97. The van der Waals surface area contributed by atoms with Crippen LogP contribution in [0.15, 0.2) is 28.7 Å². The summed E-state index contributed by atoms with van der Waals surface area (Å²) in [5, 5.41) is 10.8. The summed E-state index contributed by atoms with van der Waals surface area (Å²) in [6.45, 7) is 3.38. The van der Waals surface area contributed by atoms with Crippen LogP contribution in [0.4, 0.5) is 0 Å². The number of aryl methyl sites for hydroxylation is 1. The molecule has 0 atom stereocenters. The molecule has 0 saturated heterocycles. The molecule has 1 aromatic heterocycles. The summed E-state index contributed by atoms with van der Waals surface area (Å²) < 4.78 is 5.30. The number of allylic oxidation sites excluding steroid dienone is 1. The summed E-state index contributed by atoms with van der Waals surface area (Å²) in [7, 11) is 0. The smallest absolute Gasteiger partial charge is 0.272 e. The molecule has 5 heteroatoms. The van der Waals surface area contributed by atoms with Gasteiger partial charge >= 0.3 is 0 Å². The van der Waals surface area contributed by atoms with Crippen molar-refractivity contribution in [3.8, 4) is 0 Å². The van der Waals surface area contributed by atoms with E-state index in [0.717, 1.165) is 0 Å². The second-order valence-corrected chi connectivity index (χ2v) is 3.35. The van der Waals surface area contributed by atoms with Crippen LogP contribution in [0.25, 0.3) is 16.8 Å². The maximum atomic E-state index is 10.8. The van der Waals surface area contributed by atoms with Gasteiger partial charge in [-0.15, -0.1) is 0 Å². The molecule has 0 bridgehead atoms. The van der Waals surface area contributed by atoms with Gasteiger partial charge in [0.25, 0.3) is 5.70 Å². The van der Waals surface area contributed by atoms with E-state index in [9.17, 15) is 10.1 Å². The predicted octanol–water partition coefficient (Wildman–Crippen LogP) is 2.77. The second-order valence-electron chi connectivity index (χ2n) is 3.35. The third-order valence-corrected chi connectivity index (χ3v) is 2.26. The summed E-state index contributed by atoms with van der Waals surface area (Å²) in [5.41, 5.74) is 1.88. The van der Waals surface area contributed by atoms with Gasteiger partial charge in [0.15, 0.2) is 11.5 Å². The number of nitrogens with zero attached hydrogens (tertiary/aromatic N) is 2. The first kappa shape index (κ1) is 10.4. The first-order valence-corrected chi connectivity index (χ1v) is 4.80. The van der Waals surface area contributed by atoms with Gasteiger partial charge in [-0.05, 0) is 31.2 Å². The van der Waals surface area contributed by atoms with E-state index in [0.29, 0.717) is 22.6 Å². The minimum Gasteiger partial charge on any atom is -0.441 e. The number of oxazole rings is 1. The third-order valence-electron chi connectivity index (χ3n) is 2.26. The minimum atomic E-state index is -0.409. The second kappa shape index (κ2) is 3.77. The van der Waals surface area contributed by atoms with Crippen LogP contribution < -0.4 is 0 Å². The molecule has 2 rings (SSSR count). The first-order valence-electron chi connectivity index (χ1n) is 4.80. The largest absolute Gasteiger partial charge is 0.441 e. The van der Waals surface area contributed by atoms with E-state index < -0.39 is 4.92 Å². The number of rotatable bonds is 2. The third kappa shape index (κ3) is 1.67. The fourth-order valence-corrected chi connectivity index (χ4v) is 1.58. The molecule has 0 unspecified atom stereocenters. The van der Waals surface area contributed by atoms with Gasteiger partial charge in [-0.25, -0.2) is 4.98 Å². The zero-order valence-electron chi connectivity index (χ0n) is 8.93. The quantitative estimate of drug-likeness (QED) is 0.574. The maximum absolute atomic E-state index is 10.8. The SMILES string of the molecule is CC=C(c1ccc2oc(C)nc2c1)[N+](=O)[O-]. The van der Waals surface area contributed by atoms with Crippen LogP contribution in [-0.4, -0.2) is 9.91 Å². The molecule has 0 amide bonds. The van der Waals surface area contributed by atoms with Crippen LogP contribution in [0, 0.1) is 17.0 Å². The van der Waals surface area contributed by atoms with E-state index in [1.807, 2.05) is 0 Å². The number of benzene rings is 1. The molecule has 0 saturated carbocycles. The number of nitro groups is 1. The Morgan fingerprint density at radius 3 is 2.94 bits per heavy atom. The average molecular weight is 218 g/mol. The van der Waals surface area contributed by atoms with Gasteiger partial charge in [0.2, 0.25) is 0 Å². The lowest BCUT2D eigenvalue weighted by atomic mass is 10.1. The van der Waals surface area contributed by atoms with E-state index in [1.54, 1.807) is 32.0 Å². The summed E-state index contributed by atoms with van der Waals surface area (Å²) >= 11 is 0. The molecule has 0 fully saturated rings. The van der Waals surface area contributed by atoms with E-state index >= 15 is 0 Å². The molecule has 5 nitrogen and oxygen atoms in total. The van der Waals surface area contributed by atoms with Crippen molar-refractivity contribution < 1.29 is 9.34 Å². The molecule has 0 N–H and O–H groups in total. The molecule has 2 aromatic rings. The molecule has 1 aromatic carbocycles. The molecule has 0 aliphatic heterocycles. The summed E-state index contributed by atoms with van der Waals surface area (Å²) in [6, 6.07) is 5.01. The predicted molar refractivity (Wildman–Crippen MR) is 59.4 cm³/mol. The van der Waals surface area contributed by atoms with E-state index in [1.165, 1.54) is 6.08 Å². The van der Waals surface area contributed by atoms with E-state index in [4.69, 9.17) is 4.42 Å². The van der Waals surface area contributed by atoms with Crippen LogP contribution in [-0.2, 0) is 0 Å². The Kier molecular flexibility index (Phi) is 2.44. The Hall–Kier alpha value is -2.17. The maximum Gasteiger partial charge on any atom is 0.272 e. The van der Waals surface area contributed by atoms with Crippen molar-refractivity contribution in [2.45, 2.75) is 13.8 Å². The Balaban J connectivity index is 2.58. The van der Waals surface area contributed by atoms with Crippen LogP contribution in [0.3, 0.4) is 0 Å². The molecule has 0 spiro atoms. The lowest BCUT2D eigenvalue weighted by Gasteiger charge is -1.96. The fourth-order valence-electron chi connectivity index (χ4n) is 1.58. The van der Waals surface area contributed by atoms with E-state index in [2.05, 4.69) is 4.98 Å². The number of hydrogen-bond donors (Lipinski definition) is 0. The summed E-state index contributed by atoms with van der Waals surface area (Å²) in [6.07, 6.45) is 1.47. The topological polar surface area (TPSA) is 69.2 Å². The number of fused-ring (bicyclic) bond motifs is 1. The highest BCUT2D eigenvalue weighted by molar-refractivity contribution is 5.77. The normalized spacial score (nSPS) is 12.0. The zero-order chi connectivity index (χ0) is 11.7. The Morgan fingerprint density at radius 1 is 1.56 bits per heavy atom. The zero-order valence-corrected chi connectivity index (χ0v) is 8.93. The van der Waals surface area contributed by atoms with Crippen molar-refractivity contribution in [2.24, 2.45) is 0 Å². The van der Waals surface area contributed by atoms with Crippen molar-refractivity contribution >= 4 is 16.8 Å². The van der Waals surface area contributed by atoms with Gasteiger partial charge in [-0.3, -0.25) is 10.1 Å². The van der Waals surface area contributed by atoms with Gasteiger partial charge in [-0.1, -0.05) is 0 Å². The number of hydrogen-bond acceptors (Lipinski definition) is 4. The molecule has 0 radical (unpaired) electrons. The van der Waals surface area contributed by atoms with Crippen LogP contribution in [0.2, 0.25) is 0 Å². The van der Waals surface area contributed by atoms with Crippen molar-refractivity contribution in [3.05, 3.63) is 45.8 Å². The standard InChI is InChI=1S/C11H10N2O3/c1-3-10(13(14)15)8-4-5-11-9(6-8)12-7(2)16-11/h3-6H,1-2H3. The highest BCUT2D eigenvalue weighted by Crippen LogP contribution is 2.21. The van der Waals surface area contributed by atoms with Crippen molar-refractivity contribution in [3.63, 3.8) is 0 Å². The first-order chi connectivity index (χ1) is 7.61. The molecule has 82 valence electrons. The van der Waals surface area contributed by atoms with Crippen LogP contribution in [0.1, 0.15) is 18.4 Å². The van der Waals surface area contributed by atoms with Crippen molar-refractivity contribution in [1.82, 2.24) is 4.98 Å². The molecule has 0 aliphatic carbocycles. The average Bonchev–Trinajstić information content (AvgIpc) is 2.57. The monoisotopic (exact) mass is 218 g/mol. The van der Waals surface area contributed by atoms with Crippen LogP contribution >= 0.6 is 0 Å². The molecular formula is C11H10N2O3. The summed E-state index contributed by atoms with van der Waals surface area (Å²) in [5.74, 6) is 0.551. The number of aromatic nitrogens is 1. The fraction of sp³-hybridized carbons (Fsp3) is 0.182.